The monoisotopic (exact) mass is 432 g/mol. The number of nitrogens with zero attached hydrogens (tertiary/aromatic N) is 3. The van der Waals surface area contributed by atoms with Crippen molar-refractivity contribution in [1.82, 2.24) is 4.98 Å². The zero-order valence-electron chi connectivity index (χ0n) is 12.9. The average Bonchev–Trinajstić information content (AvgIpc) is 3.07. The molecule has 1 aromatic heterocycles. The van der Waals surface area contributed by atoms with Gasteiger partial charge in [0.25, 0.3) is 5.69 Å². The number of carboxylic acid groups (broad SMARTS) is 1. The van der Waals surface area contributed by atoms with Crippen molar-refractivity contribution in [2.45, 2.75) is 0 Å². The highest BCUT2D eigenvalue weighted by Gasteiger charge is 2.23. The van der Waals surface area contributed by atoms with Gasteiger partial charge >= 0.3 is 5.97 Å². The molecular formula is C14H7Cl3N4O6. The zero-order valence-corrected chi connectivity index (χ0v) is 15.2. The Morgan fingerprint density at radius 1 is 1.30 bits per heavy atom. The first-order chi connectivity index (χ1) is 12.8. The summed E-state index contributed by atoms with van der Waals surface area (Å²) in [5.74, 6) is -0.861. The lowest BCUT2D eigenvalue weighted by molar-refractivity contribution is -0.385. The second-order valence-electron chi connectivity index (χ2n) is 4.95. The molecule has 3 rings (SSSR count). The van der Waals surface area contributed by atoms with Crippen molar-refractivity contribution in [2.24, 2.45) is 5.10 Å². The number of fused-ring (bicyclic) bond motifs is 1. The average molecular weight is 434 g/mol. The topological polar surface area (TPSA) is 136 Å². The minimum absolute atomic E-state index is 0.0516. The molecule has 0 spiro atoms. The van der Waals surface area contributed by atoms with Gasteiger partial charge in [0.15, 0.2) is 22.3 Å². The number of nitro groups is 1. The van der Waals surface area contributed by atoms with Crippen molar-refractivity contribution in [3.05, 3.63) is 48.7 Å². The third-order valence-corrected chi connectivity index (χ3v) is 4.45. The van der Waals surface area contributed by atoms with Crippen LogP contribution in [0.5, 0.6) is 11.5 Å². The van der Waals surface area contributed by atoms with Crippen LogP contribution in [0.15, 0.2) is 17.2 Å². The van der Waals surface area contributed by atoms with Crippen LogP contribution in [0.25, 0.3) is 0 Å². The molecule has 0 saturated heterocycles. The molecule has 13 heteroatoms. The molecule has 2 N–H and O–H groups in total. The van der Waals surface area contributed by atoms with Gasteiger partial charge < -0.3 is 14.6 Å². The summed E-state index contributed by atoms with van der Waals surface area (Å²) in [4.78, 5) is 25.3. The van der Waals surface area contributed by atoms with E-state index in [2.05, 4.69) is 15.5 Å². The van der Waals surface area contributed by atoms with Crippen molar-refractivity contribution in [3.8, 4) is 11.5 Å². The molecule has 0 atom stereocenters. The fourth-order valence-corrected chi connectivity index (χ4v) is 2.80. The third-order valence-electron chi connectivity index (χ3n) is 3.34. The molecule has 140 valence electrons. The number of ether oxygens (including phenoxy) is 2. The minimum atomic E-state index is -1.42. The largest absolute Gasteiger partial charge is 0.476 e. The molecule has 10 nitrogen and oxygen atoms in total. The minimum Gasteiger partial charge on any atom is -0.476 e. The third kappa shape index (κ3) is 3.68. The first-order valence-corrected chi connectivity index (χ1v) is 8.08. The molecule has 0 bridgehead atoms. The Labute approximate surface area is 165 Å². The van der Waals surface area contributed by atoms with Crippen LogP contribution in [0.4, 0.5) is 11.4 Å². The van der Waals surface area contributed by atoms with Gasteiger partial charge in [0, 0.05) is 0 Å². The molecule has 1 aromatic carbocycles. The first kappa shape index (κ1) is 19.0. The number of aromatic carboxylic acids is 1. The van der Waals surface area contributed by atoms with E-state index in [1.807, 2.05) is 0 Å². The molecule has 1 aliphatic heterocycles. The van der Waals surface area contributed by atoms with Crippen molar-refractivity contribution >= 4 is 58.4 Å². The number of halogens is 3. The number of aromatic nitrogens is 1. The van der Waals surface area contributed by atoms with Gasteiger partial charge in [0.05, 0.1) is 28.5 Å². The summed E-state index contributed by atoms with van der Waals surface area (Å²) >= 11 is 17.7. The fraction of sp³-hybridized carbons (Fsp3) is 0.0714. The van der Waals surface area contributed by atoms with Crippen LogP contribution in [0.2, 0.25) is 15.2 Å². The summed E-state index contributed by atoms with van der Waals surface area (Å²) in [7, 11) is 0. The van der Waals surface area contributed by atoms with Crippen LogP contribution in [-0.2, 0) is 0 Å². The molecule has 0 aliphatic carbocycles. The van der Waals surface area contributed by atoms with Gasteiger partial charge in [0.2, 0.25) is 6.79 Å². The molecule has 27 heavy (non-hydrogen) atoms. The number of rotatable bonds is 5. The van der Waals surface area contributed by atoms with E-state index < -0.39 is 16.6 Å². The number of hydrogen-bond acceptors (Lipinski definition) is 8. The Bertz CT molecular complexity index is 998. The lowest BCUT2D eigenvalue weighted by Crippen LogP contribution is -2.05. The Morgan fingerprint density at radius 2 is 1.96 bits per heavy atom. The molecule has 0 unspecified atom stereocenters. The summed E-state index contributed by atoms with van der Waals surface area (Å²) in [6.07, 6.45) is 1.11. The van der Waals surface area contributed by atoms with Crippen molar-refractivity contribution in [3.63, 3.8) is 0 Å². The Morgan fingerprint density at radius 3 is 2.59 bits per heavy atom. The molecular weight excluding hydrogens is 427 g/mol. The fourth-order valence-electron chi connectivity index (χ4n) is 2.13. The Balaban J connectivity index is 1.95. The number of benzene rings is 1. The quantitative estimate of drug-likeness (QED) is 0.314. The smallest absolute Gasteiger partial charge is 0.356 e. The van der Waals surface area contributed by atoms with E-state index in [-0.39, 0.29) is 44.7 Å². The second kappa shape index (κ2) is 7.43. The van der Waals surface area contributed by atoms with Gasteiger partial charge in [0.1, 0.15) is 10.0 Å². The SMILES string of the molecule is O=C(O)c1nc(Cl)c(Cl)c(NN=Cc2cc3c(cc2[N+](=O)[O-])OCO3)c1Cl. The molecule has 0 fully saturated rings. The second-order valence-corrected chi connectivity index (χ2v) is 6.06. The molecule has 0 saturated carbocycles. The van der Waals surface area contributed by atoms with Crippen LogP contribution in [0, 0.1) is 10.1 Å². The maximum Gasteiger partial charge on any atom is 0.356 e. The van der Waals surface area contributed by atoms with Gasteiger partial charge in [-0.1, -0.05) is 34.8 Å². The summed E-state index contributed by atoms with van der Waals surface area (Å²) in [6.45, 7) is -0.0516. The number of carboxylic acids is 1. The van der Waals surface area contributed by atoms with Crippen LogP contribution in [0.3, 0.4) is 0 Å². The lowest BCUT2D eigenvalue weighted by atomic mass is 10.1. The zero-order chi connectivity index (χ0) is 19.7. The predicted molar refractivity (Wildman–Crippen MR) is 96.7 cm³/mol. The summed E-state index contributed by atoms with van der Waals surface area (Å²) in [5, 5.41) is 23.3. The van der Waals surface area contributed by atoms with Crippen molar-refractivity contribution in [1.29, 1.82) is 0 Å². The van der Waals surface area contributed by atoms with E-state index in [9.17, 15) is 14.9 Å². The maximum atomic E-state index is 11.2. The van der Waals surface area contributed by atoms with Gasteiger partial charge in [-0.3, -0.25) is 15.5 Å². The highest BCUT2D eigenvalue weighted by atomic mass is 35.5. The maximum absolute atomic E-state index is 11.2. The van der Waals surface area contributed by atoms with Gasteiger partial charge in [-0.2, -0.15) is 5.10 Å². The van der Waals surface area contributed by atoms with E-state index >= 15 is 0 Å². The van der Waals surface area contributed by atoms with Crippen LogP contribution in [0.1, 0.15) is 16.1 Å². The van der Waals surface area contributed by atoms with Crippen LogP contribution >= 0.6 is 34.8 Å². The molecule has 1 aliphatic rings. The number of nitrogens with one attached hydrogen (secondary N) is 1. The van der Waals surface area contributed by atoms with Crippen LogP contribution in [-0.4, -0.2) is 34.0 Å². The first-order valence-electron chi connectivity index (χ1n) is 6.94. The standard InChI is InChI=1S/C14H7Cl3N4O6/c15-9-11(10(16)13(17)19-12(9)14(22)23)20-18-3-5-1-7-8(27-4-26-7)2-6(5)21(24)25/h1-3H,4H2,(H,19,20)(H,22,23). The predicted octanol–water partition coefficient (Wildman–Crippen LogP) is 3.82. The van der Waals surface area contributed by atoms with Gasteiger partial charge in [-0.05, 0) is 6.07 Å². The number of carbonyl (C=O) groups is 1. The van der Waals surface area contributed by atoms with Crippen molar-refractivity contribution < 1.29 is 24.3 Å². The molecule has 2 aromatic rings. The van der Waals surface area contributed by atoms with E-state index in [0.717, 1.165) is 6.21 Å². The summed E-state index contributed by atoms with van der Waals surface area (Å²) in [6, 6.07) is 2.58. The van der Waals surface area contributed by atoms with E-state index in [1.165, 1.54) is 12.1 Å². The van der Waals surface area contributed by atoms with Crippen LogP contribution < -0.4 is 14.9 Å². The molecule has 0 radical (unpaired) electrons. The van der Waals surface area contributed by atoms with Gasteiger partial charge in [-0.15, -0.1) is 0 Å². The van der Waals surface area contributed by atoms with E-state index in [0.29, 0.717) is 5.75 Å². The molecule has 2 heterocycles. The number of pyridine rings is 1. The van der Waals surface area contributed by atoms with Gasteiger partial charge in [-0.25, -0.2) is 9.78 Å². The highest BCUT2D eigenvalue weighted by Crippen LogP contribution is 2.38. The number of hydrogen-bond donors (Lipinski definition) is 2. The van der Waals surface area contributed by atoms with Crippen molar-refractivity contribution in [2.75, 3.05) is 12.2 Å². The lowest BCUT2D eigenvalue weighted by Gasteiger charge is -2.09. The normalized spacial score (nSPS) is 12.4. The highest BCUT2D eigenvalue weighted by molar-refractivity contribution is 6.46. The Kier molecular flexibility index (Phi) is 5.22. The van der Waals surface area contributed by atoms with E-state index in [1.54, 1.807) is 0 Å². The van der Waals surface area contributed by atoms with E-state index in [4.69, 9.17) is 49.4 Å². The number of anilines is 1. The number of nitro benzene ring substituents is 1. The Hall–Kier alpha value is -2.82. The summed E-state index contributed by atoms with van der Waals surface area (Å²) in [5.41, 5.74) is 1.60. The molecule has 0 amide bonds. The number of hydrazone groups is 1. The summed E-state index contributed by atoms with van der Waals surface area (Å²) < 4.78 is 10.3.